The fourth-order valence-corrected chi connectivity index (χ4v) is 3.21. The van der Waals surface area contributed by atoms with Gasteiger partial charge in [0.1, 0.15) is 11.9 Å². The summed E-state index contributed by atoms with van der Waals surface area (Å²) in [4.78, 5) is 6.59. The summed E-state index contributed by atoms with van der Waals surface area (Å²) in [7, 11) is 0. The lowest BCUT2D eigenvalue weighted by Gasteiger charge is -2.33. The molecule has 25 heavy (non-hydrogen) atoms. The van der Waals surface area contributed by atoms with Gasteiger partial charge in [-0.1, -0.05) is 30.3 Å². The average molecular weight is 336 g/mol. The Labute approximate surface area is 148 Å². The summed E-state index contributed by atoms with van der Waals surface area (Å²) in [5.41, 5.74) is 1.56. The molecule has 0 bridgehead atoms. The molecule has 1 unspecified atom stereocenters. The number of hydrogen-bond acceptors (Lipinski definition) is 5. The number of benzene rings is 1. The van der Waals surface area contributed by atoms with Crippen molar-refractivity contribution in [3.05, 3.63) is 59.8 Å². The number of rotatable bonds is 6. The van der Waals surface area contributed by atoms with E-state index in [2.05, 4.69) is 21.3 Å². The number of pyridine rings is 1. The second-order valence-corrected chi connectivity index (χ2v) is 6.60. The van der Waals surface area contributed by atoms with Crippen molar-refractivity contribution in [3.63, 3.8) is 0 Å². The van der Waals surface area contributed by atoms with Gasteiger partial charge >= 0.3 is 0 Å². The number of hydrogen-bond donors (Lipinski definition) is 2. The summed E-state index contributed by atoms with van der Waals surface area (Å²) >= 11 is 0. The van der Waals surface area contributed by atoms with E-state index in [1.165, 1.54) is 0 Å². The highest BCUT2D eigenvalue weighted by molar-refractivity contribution is 5.38. The highest BCUT2D eigenvalue weighted by Crippen LogP contribution is 2.21. The lowest BCUT2D eigenvalue weighted by Crippen LogP contribution is -2.38. The molecule has 0 spiro atoms. The van der Waals surface area contributed by atoms with Gasteiger partial charge in [-0.2, -0.15) is 5.26 Å². The number of aromatic nitrogens is 1. The van der Waals surface area contributed by atoms with Crippen LogP contribution in [-0.2, 0) is 0 Å². The smallest absolute Gasteiger partial charge is 0.125 e. The molecule has 1 aliphatic rings. The van der Waals surface area contributed by atoms with E-state index in [-0.39, 0.29) is 0 Å². The van der Waals surface area contributed by atoms with Crippen molar-refractivity contribution in [1.82, 2.24) is 9.88 Å². The molecule has 2 heterocycles. The molecular weight excluding hydrogens is 312 g/mol. The maximum absolute atomic E-state index is 10.3. The van der Waals surface area contributed by atoms with Crippen LogP contribution in [0.15, 0.2) is 48.7 Å². The second kappa shape index (κ2) is 8.61. The molecule has 0 saturated carbocycles. The normalized spacial score (nSPS) is 17.0. The van der Waals surface area contributed by atoms with Gasteiger partial charge < -0.3 is 15.3 Å². The number of piperidine rings is 1. The zero-order valence-electron chi connectivity index (χ0n) is 14.3. The van der Waals surface area contributed by atoms with E-state index in [4.69, 9.17) is 5.26 Å². The summed E-state index contributed by atoms with van der Waals surface area (Å²) < 4.78 is 0. The van der Waals surface area contributed by atoms with Crippen LogP contribution in [0.25, 0.3) is 0 Å². The summed E-state index contributed by atoms with van der Waals surface area (Å²) in [5, 5.41) is 22.5. The Morgan fingerprint density at radius 3 is 2.60 bits per heavy atom. The van der Waals surface area contributed by atoms with Crippen LogP contribution in [0.1, 0.15) is 30.1 Å². The molecule has 0 aliphatic carbocycles. The van der Waals surface area contributed by atoms with E-state index < -0.39 is 6.10 Å². The van der Waals surface area contributed by atoms with E-state index in [9.17, 15) is 5.11 Å². The third kappa shape index (κ3) is 5.02. The highest BCUT2D eigenvalue weighted by Gasteiger charge is 2.21. The minimum Gasteiger partial charge on any atom is -0.387 e. The number of anilines is 1. The Kier molecular flexibility index (Phi) is 5.99. The molecule has 1 saturated heterocycles. The van der Waals surface area contributed by atoms with Crippen molar-refractivity contribution in [2.24, 2.45) is 5.92 Å². The topological polar surface area (TPSA) is 72.2 Å². The Morgan fingerprint density at radius 1 is 1.20 bits per heavy atom. The van der Waals surface area contributed by atoms with Crippen LogP contribution in [0.4, 0.5) is 5.82 Å². The molecule has 5 nitrogen and oxygen atoms in total. The minimum atomic E-state index is -0.418. The summed E-state index contributed by atoms with van der Waals surface area (Å²) in [6.07, 6.45) is 3.41. The lowest BCUT2D eigenvalue weighted by atomic mass is 9.96. The first-order valence-electron chi connectivity index (χ1n) is 8.80. The van der Waals surface area contributed by atoms with Gasteiger partial charge in [0.15, 0.2) is 0 Å². The maximum Gasteiger partial charge on any atom is 0.125 e. The molecule has 1 aromatic heterocycles. The van der Waals surface area contributed by atoms with E-state index in [1.807, 2.05) is 36.4 Å². The Bertz CT molecular complexity index is 688. The molecule has 0 radical (unpaired) electrons. The Hall–Kier alpha value is -2.42. The number of β-amino-alcohol motifs (C(OH)–C–C–N with tert-alkyl or cyclic N) is 1. The van der Waals surface area contributed by atoms with Crippen LogP contribution < -0.4 is 5.32 Å². The zero-order valence-corrected chi connectivity index (χ0v) is 14.3. The van der Waals surface area contributed by atoms with Gasteiger partial charge in [0.05, 0.1) is 11.7 Å². The van der Waals surface area contributed by atoms with Gasteiger partial charge in [-0.05, 0) is 49.5 Å². The fourth-order valence-electron chi connectivity index (χ4n) is 3.21. The van der Waals surface area contributed by atoms with Crippen molar-refractivity contribution < 1.29 is 5.11 Å². The third-order valence-corrected chi connectivity index (χ3v) is 4.79. The van der Waals surface area contributed by atoms with Crippen molar-refractivity contribution in [1.29, 1.82) is 5.26 Å². The van der Waals surface area contributed by atoms with Gasteiger partial charge in [0.2, 0.25) is 0 Å². The summed E-state index contributed by atoms with van der Waals surface area (Å²) in [6, 6.07) is 15.6. The third-order valence-electron chi connectivity index (χ3n) is 4.79. The predicted octanol–water partition coefficient (Wildman–Crippen LogP) is 2.81. The van der Waals surface area contributed by atoms with E-state index in [1.54, 1.807) is 12.3 Å². The van der Waals surface area contributed by atoms with Crippen molar-refractivity contribution in [3.8, 4) is 6.07 Å². The predicted molar refractivity (Wildman–Crippen MR) is 98.0 cm³/mol. The van der Waals surface area contributed by atoms with Gasteiger partial charge in [0.25, 0.3) is 0 Å². The summed E-state index contributed by atoms with van der Waals surface area (Å²) in [6.45, 7) is 3.61. The van der Waals surface area contributed by atoms with Crippen molar-refractivity contribution in [2.75, 3.05) is 31.5 Å². The number of aliphatic hydroxyl groups is 1. The van der Waals surface area contributed by atoms with Crippen LogP contribution in [0, 0.1) is 17.2 Å². The van der Waals surface area contributed by atoms with E-state index in [0.717, 1.165) is 43.9 Å². The monoisotopic (exact) mass is 336 g/mol. The maximum atomic E-state index is 10.3. The number of likely N-dealkylation sites (tertiary alicyclic amines) is 1. The first-order valence-corrected chi connectivity index (χ1v) is 8.80. The highest BCUT2D eigenvalue weighted by atomic mass is 16.3. The van der Waals surface area contributed by atoms with Crippen molar-refractivity contribution >= 4 is 5.82 Å². The molecular formula is C20H24N4O. The van der Waals surface area contributed by atoms with E-state index >= 15 is 0 Å². The molecule has 2 N–H and O–H groups in total. The largest absolute Gasteiger partial charge is 0.387 e. The standard InChI is InChI=1S/C20H24N4O/c21-12-17-6-7-20(23-14-17)22-13-16-8-10-24(11-9-16)15-19(25)18-4-2-1-3-5-18/h1-7,14,16,19,25H,8-11,13,15H2,(H,22,23). The second-order valence-electron chi connectivity index (χ2n) is 6.60. The quantitative estimate of drug-likeness (QED) is 0.849. The number of aliphatic hydroxyl groups excluding tert-OH is 1. The molecule has 3 rings (SSSR count). The SMILES string of the molecule is N#Cc1ccc(NCC2CCN(CC(O)c3ccccc3)CC2)nc1. The van der Waals surface area contributed by atoms with Gasteiger partial charge in [-0.25, -0.2) is 4.98 Å². The number of nitrogens with zero attached hydrogens (tertiary/aromatic N) is 3. The van der Waals surface area contributed by atoms with Gasteiger partial charge in [-0.15, -0.1) is 0 Å². The number of nitriles is 1. The molecule has 1 fully saturated rings. The van der Waals surface area contributed by atoms with Crippen LogP contribution in [0.2, 0.25) is 0 Å². The van der Waals surface area contributed by atoms with Gasteiger partial charge in [0, 0.05) is 19.3 Å². The summed E-state index contributed by atoms with van der Waals surface area (Å²) in [5.74, 6) is 1.43. The van der Waals surface area contributed by atoms with Gasteiger partial charge in [-0.3, -0.25) is 0 Å². The zero-order chi connectivity index (χ0) is 17.5. The minimum absolute atomic E-state index is 0.418. The van der Waals surface area contributed by atoms with Crippen LogP contribution in [0.3, 0.4) is 0 Å². The van der Waals surface area contributed by atoms with E-state index in [0.29, 0.717) is 18.0 Å². The molecule has 2 aromatic rings. The fraction of sp³-hybridized carbons (Fsp3) is 0.400. The Balaban J connectivity index is 1.40. The van der Waals surface area contributed by atoms with Crippen molar-refractivity contribution in [2.45, 2.75) is 18.9 Å². The molecule has 0 amide bonds. The number of nitrogens with one attached hydrogen (secondary N) is 1. The lowest BCUT2D eigenvalue weighted by molar-refractivity contribution is 0.0909. The first kappa shape index (κ1) is 17.4. The Morgan fingerprint density at radius 2 is 1.96 bits per heavy atom. The molecule has 130 valence electrons. The van der Waals surface area contributed by atoms with Crippen LogP contribution >= 0.6 is 0 Å². The van der Waals surface area contributed by atoms with Crippen LogP contribution in [0.5, 0.6) is 0 Å². The molecule has 1 aliphatic heterocycles. The molecule has 5 heteroatoms. The first-order chi connectivity index (χ1) is 12.2. The average Bonchev–Trinajstić information content (AvgIpc) is 2.68. The molecule has 1 atom stereocenters. The molecule has 1 aromatic carbocycles. The van der Waals surface area contributed by atoms with Crippen LogP contribution in [-0.4, -0.2) is 41.2 Å².